The van der Waals surface area contributed by atoms with E-state index in [2.05, 4.69) is 102 Å². The number of benzene rings is 4. The first-order valence-corrected chi connectivity index (χ1v) is 49.8. The second-order valence-corrected chi connectivity index (χ2v) is 38.4. The molecule has 0 radical (unpaired) electrons. The Kier molecular flexibility index (Phi) is 23.7. The number of aromatic nitrogens is 20. The summed E-state index contributed by atoms with van der Waals surface area (Å²) in [5.74, 6) is -8.49. The smallest absolute Gasteiger partial charge is 0.191 e. The summed E-state index contributed by atoms with van der Waals surface area (Å²) in [5.41, 5.74) is -2.46. The molecule has 0 saturated heterocycles. The third kappa shape index (κ3) is 23.8. The van der Waals surface area contributed by atoms with Crippen LogP contribution >= 0.6 is 47.0 Å². The number of fused-ring (bicyclic) bond motifs is 4. The average Bonchev–Trinajstić information content (AvgIpc) is 1.51. The zero-order valence-electron chi connectivity index (χ0n) is 110. The molecule has 0 aliphatic heterocycles. The number of nitrogens with zero attached hydrogens (tertiary/aromatic N) is 20. The number of thioether (sulfide) groups is 4. The molecular weight excluding hydrogens is 1950 g/mol. The minimum absolute atomic E-state index is 0.0230. The average molecular weight is 2110 g/mol. The number of hydrogen-bond acceptors (Lipinski definition) is 40. The van der Waals surface area contributed by atoms with Crippen LogP contribution in [0.3, 0.4) is 0 Å². The molecule has 0 unspecified atom stereocenters. The van der Waals surface area contributed by atoms with Crippen LogP contribution in [0.15, 0.2) is 93.1 Å². The minimum atomic E-state index is -3.43. The minimum Gasteiger partial charge on any atom is -0.394 e. The molecule has 20 rings (SSSR count). The van der Waals surface area contributed by atoms with Gasteiger partial charge in [-0.25, -0.2) is 76.2 Å². The molecule has 8 fully saturated rings. The lowest BCUT2D eigenvalue weighted by Gasteiger charge is -2.17. The standard InChI is InChI=1S/4C24H31FN6O4S/c4*1-3-8-36-24-27-22(26-16-10-14(16)13-5-4-12(2)15(25)9-13)19-23(28-24)31(30-29-19)17-11-18(35-7-6-32)21(34)20(17)33/h4*4-5,9,14,16-18,20-21,32-34H,3,6-8,10-11H2,1-2H3,(H,26,27,28)/t4*14-,16+,17+,18-,20-,21+/m0000/s1/i4D,5D,6D2,7D2,9D,10D2,16D;4D,5D,7D2,9D,10D2,16D;4D,5D,6D2,9D,10D2,16D;4D,5D,9D,10D2,16D. The van der Waals surface area contributed by atoms with Crippen molar-refractivity contribution in [2.45, 2.75) is 298 Å². The number of ether oxygens (including phenoxy) is 4. The summed E-state index contributed by atoms with van der Waals surface area (Å²) in [6, 6.07) is -20.2. The third-order valence-corrected chi connectivity index (χ3v) is 28.2. The van der Waals surface area contributed by atoms with Crippen LogP contribution in [0.5, 0.6) is 0 Å². The number of anilines is 4. The Bertz CT molecular complexity index is 8140. The monoisotopic (exact) mass is 2110 g/mol. The number of aliphatic hydroxyl groups is 12. The molecule has 24 atom stereocenters. The molecule has 0 amide bonds. The highest BCUT2D eigenvalue weighted by molar-refractivity contribution is 7.99. The van der Waals surface area contributed by atoms with Crippen molar-refractivity contribution in [1.29, 1.82) is 0 Å². The van der Waals surface area contributed by atoms with Gasteiger partial charge in [0.05, 0.1) is 134 Å². The van der Waals surface area contributed by atoms with Crippen LogP contribution in [-0.4, -0.2) is 334 Å². The van der Waals surface area contributed by atoms with Crippen molar-refractivity contribution in [3.05, 3.63) is 140 Å². The highest BCUT2D eigenvalue weighted by atomic mass is 32.2. The normalized spacial score (nSPS) is 34.7. The lowest BCUT2D eigenvalue weighted by Crippen LogP contribution is -2.33. The molecule has 12 aromatic rings. The molecule has 776 valence electrons. The van der Waals surface area contributed by atoms with E-state index in [1.165, 1.54) is 88.8 Å². The number of rotatable bonds is 40. The maximum absolute atomic E-state index is 14.8. The van der Waals surface area contributed by atoms with Crippen molar-refractivity contribution in [2.75, 3.05) is 96.9 Å². The summed E-state index contributed by atoms with van der Waals surface area (Å²) in [5, 5.41) is 167. The van der Waals surface area contributed by atoms with Crippen LogP contribution in [0.25, 0.3) is 44.7 Å². The predicted molar refractivity (Wildman–Crippen MR) is 530 cm³/mol. The van der Waals surface area contributed by atoms with E-state index in [1.807, 2.05) is 27.7 Å². The molecule has 144 heavy (non-hydrogen) atoms. The van der Waals surface area contributed by atoms with Crippen molar-refractivity contribution in [3.63, 3.8) is 0 Å². The molecular formula is C96H124F4N24O16S4. The van der Waals surface area contributed by atoms with Crippen molar-refractivity contribution < 1.29 is 142 Å². The largest absolute Gasteiger partial charge is 0.394 e. The maximum atomic E-state index is 14.8. The number of hydrogen-bond donors (Lipinski definition) is 16. The number of aliphatic hydroxyl groups excluding tert-OH is 10. The summed E-state index contributed by atoms with van der Waals surface area (Å²) in [7, 11) is 0. The molecule has 40 nitrogen and oxygen atoms in total. The molecule has 48 heteroatoms. The first-order valence-electron chi connectivity index (χ1n) is 61.8. The first-order chi connectivity index (χ1) is 81.9. The Labute approximate surface area is 888 Å². The zero-order valence-corrected chi connectivity index (χ0v) is 81.2. The van der Waals surface area contributed by atoms with E-state index >= 15 is 0 Å². The second-order valence-electron chi connectivity index (χ2n) is 34.1. The summed E-state index contributed by atoms with van der Waals surface area (Å²) in [6.07, 6.45) is -23.5. The molecule has 8 aliphatic rings. The van der Waals surface area contributed by atoms with Crippen LogP contribution < -0.4 is 21.3 Å². The predicted octanol–water partition coefficient (Wildman–Crippen LogP) is 8.73. The van der Waals surface area contributed by atoms with Gasteiger partial charge < -0.3 is 101 Å². The summed E-state index contributed by atoms with van der Waals surface area (Å²) < 4.78 is 348. The van der Waals surface area contributed by atoms with E-state index in [9.17, 15) is 73.7 Å². The van der Waals surface area contributed by atoms with Crippen molar-refractivity contribution >= 4 is 115 Å². The highest BCUT2D eigenvalue weighted by Crippen LogP contribution is 2.50. The van der Waals surface area contributed by atoms with Gasteiger partial charge in [0.15, 0.2) is 88.6 Å². The van der Waals surface area contributed by atoms with E-state index in [0.29, 0.717) is 29.4 Å². The van der Waals surface area contributed by atoms with E-state index in [-0.39, 0.29) is 155 Å². The molecule has 8 aliphatic carbocycles. The van der Waals surface area contributed by atoms with Gasteiger partial charge in [-0.1, -0.05) is 144 Å². The van der Waals surface area contributed by atoms with Gasteiger partial charge in [-0.05, 0) is 148 Å². The lowest BCUT2D eigenvalue weighted by molar-refractivity contribution is -0.0629. The third-order valence-electron chi connectivity index (χ3n) is 24.0. The lowest BCUT2D eigenvalue weighted by atomic mass is 10.1. The maximum Gasteiger partial charge on any atom is 0.191 e. The van der Waals surface area contributed by atoms with Gasteiger partial charge in [0.1, 0.15) is 72.1 Å². The summed E-state index contributed by atoms with van der Waals surface area (Å²) in [6.45, 7) is -1.11. The molecule has 4 aromatic carbocycles. The Hall–Kier alpha value is -9.52. The molecule has 8 saturated carbocycles. The SMILES string of the molecule is [2H]c1c([2H])c([C@@H]2C([2H])([2H])[C@@]2([2H])Nc2nc(SCCC)nc3c2nnn3[C@@H]2C[C@H](OC([2H])([2H])C([2H])([2H])O)[C@@H](O)[C@H]2O)c([2H])c(F)c1C.[2H]c1c([2H])c([C@@H]2C([2H])([2H])[C@@]2([2H])Nc2nc(SCCC)nc3c2nnn3[C@@H]2C[C@H](OC([2H])([2H])CO)[C@@H](O)[C@H]2O)c([2H])c(F)c1C.[2H]c1c([2H])c([C@@H]2C([2H])([2H])[C@@]2([2H])Nc2nc(SCCC)nc3c2nnn3[C@@H]2C[C@H](OCC([2H])([2H])O)[C@@H](O)[C@H]2O)c([2H])c(F)c1C.[2H]c1c([2H])c([C@@H]2C([2H])([2H])[C@@]2([2H])Nc2nc(SCCC)nc3c2nnn3[C@@H]2C[C@H](OCCO)[C@@H](O)[C@H]2O)c([2H])c(F)c1C. The Morgan fingerprint density at radius 3 is 0.861 bits per heavy atom. The van der Waals surface area contributed by atoms with Gasteiger partial charge in [0.25, 0.3) is 0 Å². The fourth-order valence-corrected chi connectivity index (χ4v) is 19.0. The molecule has 8 heterocycles. The second kappa shape index (κ2) is 47.3. The van der Waals surface area contributed by atoms with Gasteiger partial charge in [0.2, 0.25) is 0 Å². The summed E-state index contributed by atoms with van der Waals surface area (Å²) in [4.78, 5) is 35.7. The number of halogens is 4. The number of nitrogens with one attached hydrogen (secondary N) is 4. The molecule has 0 spiro atoms. The first kappa shape index (κ1) is 72.0. The van der Waals surface area contributed by atoms with Crippen LogP contribution in [-0.2, 0) is 18.9 Å². The van der Waals surface area contributed by atoms with Gasteiger partial charge >= 0.3 is 0 Å². The fourth-order valence-electron chi connectivity index (χ4n) is 16.2. The van der Waals surface area contributed by atoms with Crippen LogP contribution in [0.4, 0.5) is 40.8 Å². The van der Waals surface area contributed by atoms with Gasteiger partial charge in [-0.3, -0.25) is 0 Å². The van der Waals surface area contributed by atoms with E-state index in [1.54, 1.807) is 0 Å². The van der Waals surface area contributed by atoms with E-state index in [4.69, 9.17) is 67.9 Å². The topological polar surface area (TPSA) is 554 Å². The molecule has 0 bridgehead atoms. The van der Waals surface area contributed by atoms with Crippen LogP contribution in [0.2, 0.25) is 0 Å². The Morgan fingerprint density at radius 1 is 0.361 bits per heavy atom. The Balaban J connectivity index is 0.000000155. The van der Waals surface area contributed by atoms with E-state index < -0.39 is 323 Å². The molecule has 16 N–H and O–H groups in total. The molecule has 8 aromatic heterocycles. The Morgan fingerprint density at radius 2 is 0.618 bits per heavy atom. The van der Waals surface area contributed by atoms with Gasteiger partial charge in [-0.2, -0.15) is 0 Å². The zero-order chi connectivity index (χ0) is 130. The van der Waals surface area contributed by atoms with Crippen molar-refractivity contribution in [3.8, 4) is 0 Å². The van der Waals surface area contributed by atoms with Gasteiger partial charge in [-0.15, -0.1) is 20.4 Å². The summed E-state index contributed by atoms with van der Waals surface area (Å²) >= 11 is 4.96. The highest BCUT2D eigenvalue weighted by Gasteiger charge is 2.51. The van der Waals surface area contributed by atoms with Crippen molar-refractivity contribution in [2.24, 2.45) is 0 Å². The van der Waals surface area contributed by atoms with E-state index in [0.717, 1.165) is 23.9 Å². The van der Waals surface area contributed by atoms with Crippen LogP contribution in [0, 0.1) is 51.0 Å². The quantitative estimate of drug-likeness (QED) is 0.00969. The fraction of sp³-hybridized carbons (Fsp3) is 0.583. The van der Waals surface area contributed by atoms with Crippen molar-refractivity contribution in [1.82, 2.24) is 99.8 Å². The van der Waals surface area contributed by atoms with Crippen LogP contribution in [0.1, 0.15) is 241 Å². The van der Waals surface area contributed by atoms with Gasteiger partial charge in [0, 0.05) is 107 Å².